The van der Waals surface area contributed by atoms with E-state index in [-0.39, 0.29) is 33.7 Å². The second-order valence-electron chi connectivity index (χ2n) is 4.86. The van der Waals surface area contributed by atoms with Crippen LogP contribution in [0.5, 0.6) is 11.5 Å². The van der Waals surface area contributed by atoms with Crippen molar-refractivity contribution in [2.45, 2.75) is 26.3 Å². The van der Waals surface area contributed by atoms with Crippen molar-refractivity contribution < 1.29 is 19.4 Å². The fourth-order valence-corrected chi connectivity index (χ4v) is 3.18. The predicted octanol–water partition coefficient (Wildman–Crippen LogP) is 3.89. The monoisotopic (exact) mass is 341 g/mol. The second-order valence-corrected chi connectivity index (χ2v) is 6.26. The minimum absolute atomic E-state index is 0.117. The number of carbonyl (C=O) groups is 2. The molecule has 1 unspecified atom stereocenters. The lowest BCUT2D eigenvalue weighted by Gasteiger charge is -2.19. The summed E-state index contributed by atoms with van der Waals surface area (Å²) in [5.74, 6) is -0.263. The van der Waals surface area contributed by atoms with Gasteiger partial charge in [-0.1, -0.05) is 18.5 Å². The number of imide groups is 1. The van der Waals surface area contributed by atoms with Gasteiger partial charge in [-0.15, -0.1) is 0 Å². The van der Waals surface area contributed by atoms with Crippen molar-refractivity contribution in [2.75, 3.05) is 7.11 Å². The number of thioether (sulfide) groups is 1. The molecule has 1 aromatic carbocycles. The summed E-state index contributed by atoms with van der Waals surface area (Å²) >= 11 is 6.82. The van der Waals surface area contributed by atoms with Crippen LogP contribution in [0.4, 0.5) is 4.79 Å². The van der Waals surface area contributed by atoms with E-state index in [0.717, 1.165) is 11.8 Å². The number of phenolic OH excluding ortho intramolecular Hbond substituents is 1. The lowest BCUT2D eigenvalue weighted by atomic mass is 10.1. The number of benzene rings is 1. The zero-order valence-electron chi connectivity index (χ0n) is 12.4. The third kappa shape index (κ3) is 3.08. The normalized spacial score (nSPS) is 18.2. The number of halogens is 1. The SMILES string of the molecule is CCC(C)N1C(=O)S/C(=C/c2cc(Cl)c(O)c(OC)c2)C1=O. The molecule has 0 radical (unpaired) electrons. The molecule has 1 aromatic rings. The summed E-state index contributed by atoms with van der Waals surface area (Å²) in [5, 5.41) is 9.55. The highest BCUT2D eigenvalue weighted by Gasteiger charge is 2.37. The number of carbonyl (C=O) groups excluding carboxylic acids is 2. The lowest BCUT2D eigenvalue weighted by molar-refractivity contribution is -0.124. The van der Waals surface area contributed by atoms with Crippen molar-refractivity contribution in [3.8, 4) is 11.5 Å². The molecule has 1 aliphatic rings. The van der Waals surface area contributed by atoms with E-state index < -0.39 is 0 Å². The summed E-state index contributed by atoms with van der Waals surface area (Å²) in [4.78, 5) is 25.9. The molecule has 0 aromatic heterocycles. The van der Waals surface area contributed by atoms with Gasteiger partial charge >= 0.3 is 0 Å². The summed E-state index contributed by atoms with van der Waals surface area (Å²) in [7, 11) is 1.41. The summed E-state index contributed by atoms with van der Waals surface area (Å²) < 4.78 is 5.02. The molecule has 1 aliphatic heterocycles. The smallest absolute Gasteiger partial charge is 0.293 e. The molecule has 0 bridgehead atoms. The molecule has 1 saturated heterocycles. The van der Waals surface area contributed by atoms with Crippen LogP contribution in [-0.4, -0.2) is 34.3 Å². The largest absolute Gasteiger partial charge is 0.503 e. The Bertz CT molecular complexity index is 659. The van der Waals surface area contributed by atoms with Crippen molar-refractivity contribution in [3.63, 3.8) is 0 Å². The number of nitrogens with zero attached hydrogens (tertiary/aromatic N) is 1. The van der Waals surface area contributed by atoms with Gasteiger partial charge in [-0.3, -0.25) is 14.5 Å². The van der Waals surface area contributed by atoms with Crippen LogP contribution in [-0.2, 0) is 4.79 Å². The highest BCUT2D eigenvalue weighted by Crippen LogP contribution is 2.38. The van der Waals surface area contributed by atoms with Gasteiger partial charge in [0.15, 0.2) is 11.5 Å². The first kappa shape index (κ1) is 16.7. The first-order valence-corrected chi connectivity index (χ1v) is 7.92. The van der Waals surface area contributed by atoms with E-state index in [9.17, 15) is 14.7 Å². The average Bonchev–Trinajstić information content (AvgIpc) is 2.76. The van der Waals surface area contributed by atoms with Crippen molar-refractivity contribution in [1.82, 2.24) is 4.90 Å². The molecule has 1 fully saturated rings. The van der Waals surface area contributed by atoms with E-state index in [1.54, 1.807) is 12.1 Å². The number of rotatable bonds is 4. The van der Waals surface area contributed by atoms with Crippen molar-refractivity contribution in [3.05, 3.63) is 27.6 Å². The number of hydrogen-bond acceptors (Lipinski definition) is 5. The fraction of sp³-hybridized carbons (Fsp3) is 0.333. The Labute approximate surface area is 137 Å². The fourth-order valence-electron chi connectivity index (χ4n) is 2.03. The number of hydrogen-bond donors (Lipinski definition) is 1. The molecule has 0 saturated carbocycles. The average molecular weight is 342 g/mol. The number of aromatic hydroxyl groups is 1. The van der Waals surface area contributed by atoms with Gasteiger partial charge in [0.25, 0.3) is 11.1 Å². The molecule has 2 amide bonds. The van der Waals surface area contributed by atoms with Gasteiger partial charge < -0.3 is 9.84 Å². The first-order valence-electron chi connectivity index (χ1n) is 6.72. The third-order valence-electron chi connectivity index (χ3n) is 3.42. The van der Waals surface area contributed by atoms with E-state index >= 15 is 0 Å². The zero-order chi connectivity index (χ0) is 16.4. The molecule has 22 heavy (non-hydrogen) atoms. The zero-order valence-corrected chi connectivity index (χ0v) is 14.0. The predicted molar refractivity (Wildman–Crippen MR) is 87.2 cm³/mol. The minimum Gasteiger partial charge on any atom is -0.503 e. The Balaban J connectivity index is 2.37. The van der Waals surface area contributed by atoms with Crippen LogP contribution in [0, 0.1) is 0 Å². The quantitative estimate of drug-likeness (QED) is 0.841. The van der Waals surface area contributed by atoms with Gasteiger partial charge in [-0.2, -0.15) is 0 Å². The maximum Gasteiger partial charge on any atom is 0.293 e. The Morgan fingerprint density at radius 3 is 2.73 bits per heavy atom. The highest BCUT2D eigenvalue weighted by atomic mass is 35.5. The van der Waals surface area contributed by atoms with Crippen LogP contribution >= 0.6 is 23.4 Å². The van der Waals surface area contributed by atoms with Crippen LogP contribution in [0.25, 0.3) is 6.08 Å². The third-order valence-corrected chi connectivity index (χ3v) is 4.60. The Morgan fingerprint density at radius 1 is 1.45 bits per heavy atom. The topological polar surface area (TPSA) is 66.8 Å². The number of ether oxygens (including phenoxy) is 1. The van der Waals surface area contributed by atoms with Crippen molar-refractivity contribution >= 4 is 40.6 Å². The number of phenols is 1. The number of amides is 2. The van der Waals surface area contributed by atoms with E-state index in [1.165, 1.54) is 18.1 Å². The van der Waals surface area contributed by atoms with E-state index in [1.807, 2.05) is 13.8 Å². The van der Waals surface area contributed by atoms with Crippen molar-refractivity contribution in [1.29, 1.82) is 0 Å². The second kappa shape index (κ2) is 6.62. The molecule has 118 valence electrons. The van der Waals surface area contributed by atoms with Gasteiger partial charge in [0.05, 0.1) is 17.0 Å². The van der Waals surface area contributed by atoms with Gasteiger partial charge in [0, 0.05) is 6.04 Å². The van der Waals surface area contributed by atoms with Crippen LogP contribution < -0.4 is 4.74 Å². The molecular weight excluding hydrogens is 326 g/mol. The van der Waals surface area contributed by atoms with E-state index in [0.29, 0.717) is 16.9 Å². The van der Waals surface area contributed by atoms with Gasteiger partial charge in [0.1, 0.15) is 0 Å². The standard InChI is InChI=1S/C15H16ClNO4S/c1-4-8(2)17-14(19)12(22-15(17)20)7-9-5-10(16)13(18)11(6-9)21-3/h5-8,18H,4H2,1-3H3/b12-7+. The molecule has 5 nitrogen and oxygen atoms in total. The summed E-state index contributed by atoms with van der Waals surface area (Å²) in [5.41, 5.74) is 0.578. The van der Waals surface area contributed by atoms with Gasteiger partial charge in [-0.25, -0.2) is 0 Å². The highest BCUT2D eigenvalue weighted by molar-refractivity contribution is 8.18. The first-order chi connectivity index (χ1) is 10.4. The Kier molecular flexibility index (Phi) is 5.03. The van der Waals surface area contributed by atoms with Crippen LogP contribution in [0.15, 0.2) is 17.0 Å². The Hall–Kier alpha value is -1.66. The molecule has 1 atom stereocenters. The minimum atomic E-state index is -0.312. The maximum absolute atomic E-state index is 12.3. The van der Waals surface area contributed by atoms with Crippen LogP contribution in [0.1, 0.15) is 25.8 Å². The van der Waals surface area contributed by atoms with Crippen LogP contribution in [0.3, 0.4) is 0 Å². The Morgan fingerprint density at radius 2 is 2.14 bits per heavy atom. The number of methoxy groups -OCH3 is 1. The molecule has 0 aliphatic carbocycles. The summed E-state index contributed by atoms with van der Waals surface area (Å²) in [6.07, 6.45) is 2.27. The van der Waals surface area contributed by atoms with E-state index in [4.69, 9.17) is 16.3 Å². The van der Waals surface area contributed by atoms with Gasteiger partial charge in [0.2, 0.25) is 0 Å². The van der Waals surface area contributed by atoms with Crippen LogP contribution in [0.2, 0.25) is 5.02 Å². The molecule has 1 N–H and O–H groups in total. The molecule has 1 heterocycles. The summed E-state index contributed by atoms with van der Waals surface area (Å²) in [6.45, 7) is 3.75. The maximum atomic E-state index is 12.3. The lowest BCUT2D eigenvalue weighted by Crippen LogP contribution is -2.36. The molecule has 2 rings (SSSR count). The molecule has 7 heteroatoms. The molecule has 0 spiro atoms. The van der Waals surface area contributed by atoms with Crippen molar-refractivity contribution in [2.24, 2.45) is 0 Å². The molecular formula is C15H16ClNO4S. The van der Waals surface area contributed by atoms with Gasteiger partial charge in [-0.05, 0) is 48.9 Å². The van der Waals surface area contributed by atoms with E-state index in [2.05, 4.69) is 0 Å². The summed E-state index contributed by atoms with van der Waals surface area (Å²) in [6, 6.07) is 2.92.